The third-order valence-electron chi connectivity index (χ3n) is 3.05. The highest BCUT2D eigenvalue weighted by Crippen LogP contribution is 2.21. The van der Waals surface area contributed by atoms with Crippen LogP contribution in [0.4, 0.5) is 11.6 Å². The van der Waals surface area contributed by atoms with Crippen molar-refractivity contribution in [1.29, 1.82) is 0 Å². The Hall–Kier alpha value is -2.30. The average Bonchev–Trinajstić information content (AvgIpc) is 2.44. The molecule has 1 aromatic heterocycles. The van der Waals surface area contributed by atoms with Gasteiger partial charge < -0.3 is 15.8 Å². The Kier molecular flexibility index (Phi) is 4.31. The molecule has 0 spiro atoms. The average molecular weight is 286 g/mol. The molecule has 3 N–H and O–H groups in total. The van der Waals surface area contributed by atoms with Crippen LogP contribution in [0.3, 0.4) is 0 Å². The maximum absolute atomic E-state index is 5.86. The van der Waals surface area contributed by atoms with Crippen LogP contribution in [0.15, 0.2) is 30.3 Å². The summed E-state index contributed by atoms with van der Waals surface area (Å²) in [6.07, 6.45) is 0. The molecule has 0 amide bonds. The zero-order valence-corrected chi connectivity index (χ0v) is 13.0. The van der Waals surface area contributed by atoms with Crippen LogP contribution in [0.1, 0.15) is 32.2 Å². The van der Waals surface area contributed by atoms with Crippen LogP contribution >= 0.6 is 0 Å². The molecule has 0 bridgehead atoms. The second-order valence-corrected chi connectivity index (χ2v) is 5.95. The topological polar surface area (TPSA) is 73.1 Å². The minimum atomic E-state index is -0.133. The van der Waals surface area contributed by atoms with Gasteiger partial charge in [0.1, 0.15) is 23.2 Å². The molecule has 0 saturated carbocycles. The van der Waals surface area contributed by atoms with E-state index in [1.165, 1.54) is 0 Å². The summed E-state index contributed by atoms with van der Waals surface area (Å²) in [6.45, 7) is 6.86. The van der Waals surface area contributed by atoms with E-state index < -0.39 is 0 Å². The zero-order valence-electron chi connectivity index (χ0n) is 13.0. The normalized spacial score (nSPS) is 11.2. The van der Waals surface area contributed by atoms with Crippen LogP contribution in [-0.2, 0) is 12.0 Å². The molecule has 0 unspecified atom stereocenters. The summed E-state index contributed by atoms with van der Waals surface area (Å²) in [5.41, 5.74) is 6.87. The first kappa shape index (κ1) is 15.1. The first-order valence-corrected chi connectivity index (χ1v) is 6.90. The predicted octanol–water partition coefficient (Wildman–Crippen LogP) is 2.98. The lowest BCUT2D eigenvalue weighted by Crippen LogP contribution is -2.18. The van der Waals surface area contributed by atoms with E-state index in [4.69, 9.17) is 10.5 Å². The van der Waals surface area contributed by atoms with Gasteiger partial charge in [0.25, 0.3) is 0 Å². The molecule has 2 aromatic rings. The van der Waals surface area contributed by atoms with E-state index in [9.17, 15) is 0 Å². The quantitative estimate of drug-likeness (QED) is 0.904. The fourth-order valence-corrected chi connectivity index (χ4v) is 1.83. The smallest absolute Gasteiger partial charge is 0.138 e. The highest BCUT2D eigenvalue weighted by atomic mass is 16.5. The van der Waals surface area contributed by atoms with Gasteiger partial charge in [0.05, 0.1) is 7.11 Å². The first-order chi connectivity index (χ1) is 9.88. The standard InChI is InChI=1S/C16H22N4O/c1-16(2,3)15-19-13(17)9-14(20-15)18-10-11-5-7-12(21-4)8-6-11/h5-9H,10H2,1-4H3,(H3,17,18,19,20). The fraction of sp³-hybridized carbons (Fsp3) is 0.375. The number of rotatable bonds is 4. The van der Waals surface area contributed by atoms with E-state index in [0.29, 0.717) is 12.4 Å². The molecule has 0 fully saturated rings. The molecule has 112 valence electrons. The molecule has 1 heterocycles. The van der Waals surface area contributed by atoms with Gasteiger partial charge in [0.2, 0.25) is 0 Å². The second kappa shape index (κ2) is 5.99. The second-order valence-electron chi connectivity index (χ2n) is 5.95. The predicted molar refractivity (Wildman–Crippen MR) is 85.5 cm³/mol. The van der Waals surface area contributed by atoms with Crippen LogP contribution in [0, 0.1) is 0 Å². The van der Waals surface area contributed by atoms with Crippen molar-refractivity contribution in [3.63, 3.8) is 0 Å². The van der Waals surface area contributed by atoms with E-state index in [-0.39, 0.29) is 5.41 Å². The number of anilines is 2. The number of hydrogen-bond donors (Lipinski definition) is 2. The summed E-state index contributed by atoms with van der Waals surface area (Å²) >= 11 is 0. The molecule has 0 saturated heterocycles. The molecule has 2 rings (SSSR count). The van der Waals surface area contributed by atoms with Gasteiger partial charge in [-0.25, -0.2) is 9.97 Å². The Balaban J connectivity index is 2.10. The highest BCUT2D eigenvalue weighted by Gasteiger charge is 2.18. The number of nitrogen functional groups attached to an aromatic ring is 1. The Morgan fingerprint density at radius 1 is 1.14 bits per heavy atom. The lowest BCUT2D eigenvalue weighted by atomic mass is 9.96. The van der Waals surface area contributed by atoms with Gasteiger partial charge >= 0.3 is 0 Å². The van der Waals surface area contributed by atoms with Gasteiger partial charge in [-0.05, 0) is 17.7 Å². The molecule has 5 heteroatoms. The molecule has 0 aliphatic heterocycles. The molecular formula is C16H22N4O. The summed E-state index contributed by atoms with van der Waals surface area (Å²) < 4.78 is 5.14. The van der Waals surface area contributed by atoms with Crippen LogP contribution in [0.2, 0.25) is 0 Å². The largest absolute Gasteiger partial charge is 0.497 e. The van der Waals surface area contributed by atoms with Crippen LogP contribution < -0.4 is 15.8 Å². The van der Waals surface area contributed by atoms with E-state index in [2.05, 4.69) is 36.1 Å². The molecule has 0 aliphatic rings. The van der Waals surface area contributed by atoms with Crippen molar-refractivity contribution in [2.24, 2.45) is 0 Å². The molecule has 1 aromatic carbocycles. The Labute approximate surface area is 125 Å². The lowest BCUT2D eigenvalue weighted by Gasteiger charge is -2.18. The Morgan fingerprint density at radius 2 is 1.81 bits per heavy atom. The first-order valence-electron chi connectivity index (χ1n) is 6.90. The Morgan fingerprint density at radius 3 is 2.38 bits per heavy atom. The number of benzene rings is 1. The number of nitrogens with two attached hydrogens (primary N) is 1. The van der Waals surface area contributed by atoms with Gasteiger partial charge in [-0.3, -0.25) is 0 Å². The van der Waals surface area contributed by atoms with Crippen molar-refractivity contribution >= 4 is 11.6 Å². The Bertz CT molecular complexity index is 603. The van der Waals surface area contributed by atoms with Gasteiger partial charge in [0, 0.05) is 18.0 Å². The number of aromatic nitrogens is 2. The van der Waals surface area contributed by atoms with Gasteiger partial charge in [-0.15, -0.1) is 0 Å². The van der Waals surface area contributed by atoms with E-state index in [1.807, 2.05) is 24.3 Å². The molecule has 21 heavy (non-hydrogen) atoms. The summed E-state index contributed by atoms with van der Waals surface area (Å²) in [5, 5.41) is 3.28. The molecule has 0 aliphatic carbocycles. The third kappa shape index (κ3) is 4.08. The zero-order chi connectivity index (χ0) is 15.5. The summed E-state index contributed by atoms with van der Waals surface area (Å²) in [5.74, 6) is 2.80. The van der Waals surface area contributed by atoms with E-state index >= 15 is 0 Å². The SMILES string of the molecule is COc1ccc(CNc2cc(N)nc(C(C)(C)C)n2)cc1. The van der Waals surface area contributed by atoms with Gasteiger partial charge in [-0.2, -0.15) is 0 Å². The molecular weight excluding hydrogens is 264 g/mol. The molecule has 0 radical (unpaired) electrons. The van der Waals surface area contributed by atoms with Gasteiger partial charge in [-0.1, -0.05) is 32.9 Å². The van der Waals surface area contributed by atoms with Crippen molar-refractivity contribution in [1.82, 2.24) is 9.97 Å². The minimum absolute atomic E-state index is 0.133. The lowest BCUT2D eigenvalue weighted by molar-refractivity contribution is 0.414. The van der Waals surface area contributed by atoms with Gasteiger partial charge in [0.15, 0.2) is 0 Å². The maximum Gasteiger partial charge on any atom is 0.138 e. The van der Waals surface area contributed by atoms with Crippen LogP contribution in [0.25, 0.3) is 0 Å². The number of nitrogens with one attached hydrogen (secondary N) is 1. The number of ether oxygens (including phenoxy) is 1. The summed E-state index contributed by atoms with van der Waals surface area (Å²) in [4.78, 5) is 8.82. The van der Waals surface area contributed by atoms with Crippen molar-refractivity contribution in [2.45, 2.75) is 32.7 Å². The summed E-state index contributed by atoms with van der Waals surface area (Å²) in [6, 6.07) is 9.65. The fourth-order valence-electron chi connectivity index (χ4n) is 1.83. The third-order valence-corrected chi connectivity index (χ3v) is 3.05. The highest BCUT2D eigenvalue weighted by molar-refractivity contribution is 5.46. The molecule has 5 nitrogen and oxygen atoms in total. The van der Waals surface area contributed by atoms with E-state index in [0.717, 1.165) is 23.0 Å². The number of methoxy groups -OCH3 is 1. The van der Waals surface area contributed by atoms with E-state index in [1.54, 1.807) is 13.2 Å². The number of hydrogen-bond acceptors (Lipinski definition) is 5. The monoisotopic (exact) mass is 286 g/mol. The minimum Gasteiger partial charge on any atom is -0.497 e. The van der Waals surface area contributed by atoms with Crippen molar-refractivity contribution in [3.05, 3.63) is 41.7 Å². The van der Waals surface area contributed by atoms with Crippen LogP contribution in [0.5, 0.6) is 5.75 Å². The van der Waals surface area contributed by atoms with Crippen molar-refractivity contribution < 1.29 is 4.74 Å². The van der Waals surface area contributed by atoms with Crippen molar-refractivity contribution in [2.75, 3.05) is 18.2 Å². The number of nitrogens with zero attached hydrogens (tertiary/aromatic N) is 2. The van der Waals surface area contributed by atoms with Crippen molar-refractivity contribution in [3.8, 4) is 5.75 Å². The molecule has 0 atom stereocenters. The summed E-state index contributed by atoms with van der Waals surface area (Å²) in [7, 11) is 1.66. The van der Waals surface area contributed by atoms with Crippen LogP contribution in [-0.4, -0.2) is 17.1 Å². The maximum atomic E-state index is 5.86.